The van der Waals surface area contributed by atoms with Crippen LogP contribution in [0.15, 0.2) is 65.9 Å². The summed E-state index contributed by atoms with van der Waals surface area (Å²) >= 11 is 0. The Bertz CT molecular complexity index is 855. The Labute approximate surface area is 145 Å². The van der Waals surface area contributed by atoms with Gasteiger partial charge in [-0.05, 0) is 29.8 Å². The molecule has 0 fully saturated rings. The lowest BCUT2D eigenvalue weighted by molar-refractivity contribution is -0.136. The monoisotopic (exact) mass is 335 g/mol. The molecule has 0 N–H and O–H groups in total. The average molecular weight is 335 g/mol. The lowest BCUT2D eigenvalue weighted by atomic mass is 9.84. The predicted octanol–water partition coefficient (Wildman–Crippen LogP) is 3.03. The largest absolute Gasteiger partial charge is 0.497 e. The molecule has 2 aromatic carbocycles. The van der Waals surface area contributed by atoms with Crippen LogP contribution in [0, 0.1) is 0 Å². The highest BCUT2D eigenvalue weighted by Gasteiger charge is 2.42. The van der Waals surface area contributed by atoms with Crippen LogP contribution in [0.3, 0.4) is 0 Å². The standard InChI is InChI=1S/C20H17NO4/c1-24-15-9-7-13(8-10-15)16-11-18(22)21(14-5-3-2-4-6-14)17-12-25-20(23)19(16)17/h2-10,16H,11-12H2,1H3. The first-order valence-corrected chi connectivity index (χ1v) is 8.11. The number of rotatable bonds is 3. The molecule has 0 bridgehead atoms. The van der Waals surface area contributed by atoms with E-state index < -0.39 is 0 Å². The Morgan fingerprint density at radius 2 is 1.76 bits per heavy atom. The number of amides is 1. The SMILES string of the molecule is COc1ccc(C2CC(=O)N(c3ccccc3)C3=C2C(=O)OC3)cc1. The number of nitrogens with zero attached hydrogens (tertiary/aromatic N) is 1. The number of methoxy groups -OCH3 is 1. The second-order valence-corrected chi connectivity index (χ2v) is 6.03. The van der Waals surface area contributed by atoms with Gasteiger partial charge in [-0.15, -0.1) is 0 Å². The first kappa shape index (κ1) is 15.4. The molecule has 0 spiro atoms. The van der Waals surface area contributed by atoms with Crippen LogP contribution >= 0.6 is 0 Å². The molecule has 1 unspecified atom stereocenters. The molecule has 1 atom stereocenters. The summed E-state index contributed by atoms with van der Waals surface area (Å²) in [5.74, 6) is 0.0664. The lowest BCUT2D eigenvalue weighted by Gasteiger charge is -2.31. The van der Waals surface area contributed by atoms with Crippen molar-refractivity contribution in [1.29, 1.82) is 0 Å². The molecule has 2 aliphatic rings. The van der Waals surface area contributed by atoms with Crippen molar-refractivity contribution in [3.8, 4) is 5.75 Å². The van der Waals surface area contributed by atoms with Crippen LogP contribution in [0.2, 0.25) is 0 Å². The number of carbonyl (C=O) groups is 2. The molecule has 4 rings (SSSR count). The first-order chi connectivity index (χ1) is 12.2. The average Bonchev–Trinajstić information content (AvgIpc) is 3.03. The van der Waals surface area contributed by atoms with E-state index in [4.69, 9.17) is 9.47 Å². The summed E-state index contributed by atoms with van der Waals surface area (Å²) in [6.45, 7) is 0.126. The van der Waals surface area contributed by atoms with Gasteiger partial charge in [0.05, 0.1) is 18.4 Å². The fourth-order valence-corrected chi connectivity index (χ4v) is 3.45. The van der Waals surface area contributed by atoms with E-state index in [1.165, 1.54) is 0 Å². The third-order valence-electron chi connectivity index (χ3n) is 4.65. The molecule has 126 valence electrons. The summed E-state index contributed by atoms with van der Waals surface area (Å²) < 4.78 is 10.4. The minimum Gasteiger partial charge on any atom is -0.497 e. The molecular formula is C20H17NO4. The third-order valence-corrected chi connectivity index (χ3v) is 4.65. The maximum absolute atomic E-state index is 12.9. The quantitative estimate of drug-likeness (QED) is 0.809. The van der Waals surface area contributed by atoms with Crippen molar-refractivity contribution < 1.29 is 19.1 Å². The van der Waals surface area contributed by atoms with E-state index in [0.717, 1.165) is 17.0 Å². The maximum atomic E-state index is 12.9. The summed E-state index contributed by atoms with van der Waals surface area (Å²) in [5.41, 5.74) is 2.89. The van der Waals surface area contributed by atoms with E-state index in [1.807, 2.05) is 54.6 Å². The highest BCUT2D eigenvalue weighted by Crippen LogP contribution is 2.41. The van der Waals surface area contributed by atoms with Crippen LogP contribution in [-0.4, -0.2) is 25.6 Å². The van der Waals surface area contributed by atoms with Gasteiger partial charge in [-0.2, -0.15) is 0 Å². The number of ether oxygens (including phenoxy) is 2. The predicted molar refractivity (Wildman–Crippen MR) is 92.3 cm³/mol. The zero-order valence-electron chi connectivity index (χ0n) is 13.8. The molecule has 0 saturated carbocycles. The van der Waals surface area contributed by atoms with Crippen LogP contribution in [0.4, 0.5) is 5.69 Å². The number of para-hydroxylation sites is 1. The van der Waals surface area contributed by atoms with Gasteiger partial charge in [-0.3, -0.25) is 9.69 Å². The zero-order chi connectivity index (χ0) is 17.4. The van der Waals surface area contributed by atoms with Gasteiger partial charge in [0.25, 0.3) is 0 Å². The topological polar surface area (TPSA) is 55.8 Å². The van der Waals surface area contributed by atoms with E-state index in [9.17, 15) is 9.59 Å². The van der Waals surface area contributed by atoms with Gasteiger partial charge in [-0.25, -0.2) is 4.79 Å². The van der Waals surface area contributed by atoms with Gasteiger partial charge in [0.2, 0.25) is 5.91 Å². The van der Waals surface area contributed by atoms with Crippen molar-refractivity contribution in [2.75, 3.05) is 18.6 Å². The molecule has 2 aromatic rings. The van der Waals surface area contributed by atoms with Gasteiger partial charge in [0, 0.05) is 18.0 Å². The smallest absolute Gasteiger partial charge is 0.336 e. The van der Waals surface area contributed by atoms with Gasteiger partial charge >= 0.3 is 5.97 Å². The normalized spacial score (nSPS) is 19.7. The fourth-order valence-electron chi connectivity index (χ4n) is 3.45. The van der Waals surface area contributed by atoms with Crippen LogP contribution in [0.5, 0.6) is 5.75 Å². The summed E-state index contributed by atoms with van der Waals surface area (Å²) in [7, 11) is 1.60. The molecule has 2 heterocycles. The number of cyclic esters (lactones) is 1. The number of hydrogen-bond acceptors (Lipinski definition) is 4. The van der Waals surface area contributed by atoms with Crippen molar-refractivity contribution in [2.45, 2.75) is 12.3 Å². The second-order valence-electron chi connectivity index (χ2n) is 6.03. The van der Waals surface area contributed by atoms with Crippen molar-refractivity contribution in [1.82, 2.24) is 0 Å². The van der Waals surface area contributed by atoms with Crippen LogP contribution in [0.25, 0.3) is 0 Å². The van der Waals surface area contributed by atoms with Crippen molar-refractivity contribution >= 4 is 17.6 Å². The number of carbonyl (C=O) groups excluding carboxylic acids is 2. The minimum atomic E-state index is -0.343. The van der Waals surface area contributed by atoms with E-state index in [2.05, 4.69) is 0 Å². The molecule has 0 radical (unpaired) electrons. The van der Waals surface area contributed by atoms with Crippen LogP contribution in [-0.2, 0) is 14.3 Å². The molecule has 0 saturated heterocycles. The summed E-state index contributed by atoms with van der Waals surface area (Å²) in [6.07, 6.45) is 0.231. The van der Waals surface area contributed by atoms with Crippen molar-refractivity contribution in [3.05, 3.63) is 71.4 Å². The number of esters is 1. The Kier molecular flexibility index (Phi) is 3.76. The van der Waals surface area contributed by atoms with E-state index in [1.54, 1.807) is 12.0 Å². The zero-order valence-corrected chi connectivity index (χ0v) is 13.8. The summed E-state index contributed by atoms with van der Waals surface area (Å²) in [4.78, 5) is 26.8. The third kappa shape index (κ3) is 2.58. The van der Waals surface area contributed by atoms with Crippen LogP contribution in [0.1, 0.15) is 17.9 Å². The van der Waals surface area contributed by atoms with E-state index in [0.29, 0.717) is 11.3 Å². The minimum absolute atomic E-state index is 0.0379. The fraction of sp³-hybridized carbons (Fsp3) is 0.200. The molecule has 0 aliphatic carbocycles. The Balaban J connectivity index is 1.79. The van der Waals surface area contributed by atoms with Crippen molar-refractivity contribution in [2.24, 2.45) is 0 Å². The molecule has 1 amide bonds. The molecule has 25 heavy (non-hydrogen) atoms. The van der Waals surface area contributed by atoms with Crippen LogP contribution < -0.4 is 9.64 Å². The Morgan fingerprint density at radius 1 is 1.04 bits per heavy atom. The molecule has 5 heteroatoms. The number of anilines is 1. The van der Waals surface area contributed by atoms with E-state index in [-0.39, 0.29) is 30.8 Å². The van der Waals surface area contributed by atoms with Gasteiger partial charge < -0.3 is 9.47 Å². The Hall–Kier alpha value is -3.08. The van der Waals surface area contributed by atoms with Gasteiger partial charge in [0.15, 0.2) is 0 Å². The number of benzene rings is 2. The first-order valence-electron chi connectivity index (χ1n) is 8.11. The molecule has 2 aliphatic heterocycles. The summed E-state index contributed by atoms with van der Waals surface area (Å²) in [6, 6.07) is 16.8. The highest BCUT2D eigenvalue weighted by molar-refractivity contribution is 6.06. The number of hydrogen-bond donors (Lipinski definition) is 0. The molecule has 0 aromatic heterocycles. The second kappa shape index (κ2) is 6.09. The highest BCUT2D eigenvalue weighted by atomic mass is 16.5. The molecule has 5 nitrogen and oxygen atoms in total. The van der Waals surface area contributed by atoms with Gasteiger partial charge in [0.1, 0.15) is 12.4 Å². The summed E-state index contributed by atoms with van der Waals surface area (Å²) in [5, 5.41) is 0. The maximum Gasteiger partial charge on any atom is 0.336 e. The Morgan fingerprint density at radius 3 is 2.44 bits per heavy atom. The van der Waals surface area contributed by atoms with E-state index >= 15 is 0 Å². The molecular weight excluding hydrogens is 318 g/mol. The van der Waals surface area contributed by atoms with Gasteiger partial charge in [-0.1, -0.05) is 30.3 Å². The van der Waals surface area contributed by atoms with Crippen molar-refractivity contribution in [3.63, 3.8) is 0 Å². The lowest BCUT2D eigenvalue weighted by Crippen LogP contribution is -2.37.